The van der Waals surface area contributed by atoms with Crippen molar-refractivity contribution in [3.63, 3.8) is 0 Å². The summed E-state index contributed by atoms with van der Waals surface area (Å²) >= 11 is 0. The first kappa shape index (κ1) is 14.8. The number of amides is 1. The molecule has 2 fully saturated rings. The third-order valence-corrected chi connectivity index (χ3v) is 4.18. The van der Waals surface area contributed by atoms with Crippen LogP contribution in [0.4, 0.5) is 0 Å². The Hall–Kier alpha value is -0.650. The number of carbonyl (C=O) groups excluding carboxylic acids is 1. The van der Waals surface area contributed by atoms with Crippen molar-refractivity contribution in [3.05, 3.63) is 0 Å². The molecular formula is C14H27N3O2. The standard InChI is InChI=1S/C14H27N3O2/c1-11-4-3-5-12(2)17(11)16-14(18)10-19-13-6-8-15-9-7-13/h11-13,15H,3-10H2,1-2H3,(H,16,18). The molecule has 2 heterocycles. The second kappa shape index (κ2) is 7.22. The van der Waals surface area contributed by atoms with Crippen molar-refractivity contribution in [2.24, 2.45) is 0 Å². The van der Waals surface area contributed by atoms with Gasteiger partial charge in [0.05, 0.1) is 6.10 Å². The third-order valence-electron chi connectivity index (χ3n) is 4.18. The van der Waals surface area contributed by atoms with Gasteiger partial charge in [0.15, 0.2) is 0 Å². The second-order valence-corrected chi connectivity index (χ2v) is 5.83. The highest BCUT2D eigenvalue weighted by Gasteiger charge is 2.26. The Morgan fingerprint density at radius 2 is 1.84 bits per heavy atom. The van der Waals surface area contributed by atoms with Crippen molar-refractivity contribution < 1.29 is 9.53 Å². The first-order valence-electron chi connectivity index (χ1n) is 7.57. The Balaban J connectivity index is 1.70. The largest absolute Gasteiger partial charge is 0.368 e. The lowest BCUT2D eigenvalue weighted by Gasteiger charge is -2.38. The molecule has 2 saturated heterocycles. The highest BCUT2D eigenvalue weighted by atomic mass is 16.5. The summed E-state index contributed by atoms with van der Waals surface area (Å²) in [6.45, 7) is 6.51. The Kier molecular flexibility index (Phi) is 5.60. The molecule has 2 N–H and O–H groups in total. The molecule has 2 atom stereocenters. The van der Waals surface area contributed by atoms with Gasteiger partial charge in [0.2, 0.25) is 0 Å². The van der Waals surface area contributed by atoms with Crippen LogP contribution in [0.2, 0.25) is 0 Å². The van der Waals surface area contributed by atoms with E-state index >= 15 is 0 Å². The molecule has 5 nitrogen and oxygen atoms in total. The van der Waals surface area contributed by atoms with Crippen LogP contribution in [0.3, 0.4) is 0 Å². The summed E-state index contributed by atoms with van der Waals surface area (Å²) in [4.78, 5) is 12.0. The van der Waals surface area contributed by atoms with Gasteiger partial charge in [0.1, 0.15) is 6.61 Å². The highest BCUT2D eigenvalue weighted by molar-refractivity contribution is 5.76. The van der Waals surface area contributed by atoms with E-state index in [1.165, 1.54) is 6.42 Å². The van der Waals surface area contributed by atoms with Gasteiger partial charge in [-0.25, -0.2) is 5.01 Å². The van der Waals surface area contributed by atoms with Crippen LogP contribution in [0.25, 0.3) is 0 Å². The summed E-state index contributed by atoms with van der Waals surface area (Å²) in [7, 11) is 0. The van der Waals surface area contributed by atoms with E-state index in [-0.39, 0.29) is 18.6 Å². The molecule has 2 unspecified atom stereocenters. The summed E-state index contributed by atoms with van der Waals surface area (Å²) in [6, 6.07) is 0.846. The molecule has 19 heavy (non-hydrogen) atoms. The van der Waals surface area contributed by atoms with Crippen molar-refractivity contribution >= 4 is 5.91 Å². The van der Waals surface area contributed by atoms with Gasteiger partial charge in [-0.3, -0.25) is 10.2 Å². The molecule has 0 aromatic carbocycles. The molecule has 0 aromatic rings. The highest BCUT2D eigenvalue weighted by Crippen LogP contribution is 2.20. The second-order valence-electron chi connectivity index (χ2n) is 5.83. The van der Waals surface area contributed by atoms with Crippen LogP contribution in [0.5, 0.6) is 0 Å². The van der Waals surface area contributed by atoms with E-state index in [0.29, 0.717) is 12.1 Å². The molecule has 2 aliphatic heterocycles. The summed E-state index contributed by atoms with van der Waals surface area (Å²) in [5.41, 5.74) is 3.01. The number of ether oxygens (including phenoxy) is 1. The smallest absolute Gasteiger partial charge is 0.260 e. The molecule has 5 heteroatoms. The summed E-state index contributed by atoms with van der Waals surface area (Å²) in [5.74, 6) is -0.0147. The van der Waals surface area contributed by atoms with Gasteiger partial charge in [0, 0.05) is 12.1 Å². The number of hydrogen-bond donors (Lipinski definition) is 2. The zero-order chi connectivity index (χ0) is 13.7. The topological polar surface area (TPSA) is 53.6 Å². The van der Waals surface area contributed by atoms with Gasteiger partial charge in [-0.2, -0.15) is 0 Å². The van der Waals surface area contributed by atoms with Crippen molar-refractivity contribution in [3.8, 4) is 0 Å². The lowest BCUT2D eigenvalue weighted by atomic mass is 10.00. The van der Waals surface area contributed by atoms with Crippen LogP contribution in [0.1, 0.15) is 46.0 Å². The normalized spacial score (nSPS) is 30.2. The zero-order valence-corrected chi connectivity index (χ0v) is 12.2. The van der Waals surface area contributed by atoms with Crippen molar-refractivity contribution in [2.45, 2.75) is 64.1 Å². The van der Waals surface area contributed by atoms with E-state index in [2.05, 4.69) is 29.6 Å². The lowest BCUT2D eigenvalue weighted by Crippen LogP contribution is -2.55. The minimum absolute atomic E-state index is 0.0147. The van der Waals surface area contributed by atoms with Crippen molar-refractivity contribution in [1.82, 2.24) is 15.8 Å². The number of hydrogen-bond acceptors (Lipinski definition) is 4. The van der Waals surface area contributed by atoms with Gasteiger partial charge in [0.25, 0.3) is 5.91 Å². The Morgan fingerprint density at radius 3 is 2.47 bits per heavy atom. The van der Waals surface area contributed by atoms with Gasteiger partial charge >= 0.3 is 0 Å². The predicted molar refractivity (Wildman–Crippen MR) is 74.6 cm³/mol. The summed E-state index contributed by atoms with van der Waals surface area (Å²) in [5, 5.41) is 5.39. The molecular weight excluding hydrogens is 242 g/mol. The first-order valence-corrected chi connectivity index (χ1v) is 7.57. The molecule has 0 spiro atoms. The van der Waals surface area contributed by atoms with E-state index in [0.717, 1.165) is 38.8 Å². The van der Waals surface area contributed by atoms with Crippen LogP contribution >= 0.6 is 0 Å². The van der Waals surface area contributed by atoms with Gasteiger partial charge < -0.3 is 10.1 Å². The minimum atomic E-state index is -0.0147. The molecule has 2 rings (SSSR count). The van der Waals surface area contributed by atoms with E-state index in [1.54, 1.807) is 0 Å². The third kappa shape index (κ3) is 4.44. The molecule has 0 bridgehead atoms. The van der Waals surface area contributed by atoms with Crippen LogP contribution in [0, 0.1) is 0 Å². The van der Waals surface area contributed by atoms with Gasteiger partial charge in [-0.1, -0.05) is 6.42 Å². The minimum Gasteiger partial charge on any atom is -0.368 e. The van der Waals surface area contributed by atoms with Crippen molar-refractivity contribution in [1.29, 1.82) is 0 Å². The summed E-state index contributed by atoms with van der Waals surface area (Å²) in [6.07, 6.45) is 5.80. The molecule has 0 aliphatic carbocycles. The van der Waals surface area contributed by atoms with Gasteiger partial charge in [-0.15, -0.1) is 0 Å². The number of hydrazine groups is 1. The molecule has 2 aliphatic rings. The maximum atomic E-state index is 12.0. The molecule has 0 saturated carbocycles. The number of carbonyl (C=O) groups is 1. The quantitative estimate of drug-likeness (QED) is 0.801. The summed E-state index contributed by atoms with van der Waals surface area (Å²) < 4.78 is 5.68. The van der Waals surface area contributed by atoms with E-state index in [9.17, 15) is 4.79 Å². The van der Waals surface area contributed by atoms with Crippen LogP contribution in [-0.2, 0) is 9.53 Å². The van der Waals surface area contributed by atoms with Crippen molar-refractivity contribution in [2.75, 3.05) is 19.7 Å². The van der Waals surface area contributed by atoms with Gasteiger partial charge in [-0.05, 0) is 52.6 Å². The fourth-order valence-electron chi connectivity index (χ4n) is 2.97. The zero-order valence-electron chi connectivity index (χ0n) is 12.2. The molecule has 110 valence electrons. The SMILES string of the molecule is CC1CCCC(C)N1NC(=O)COC1CCNCC1. The Bertz CT molecular complexity index is 282. The number of nitrogens with zero attached hydrogens (tertiary/aromatic N) is 1. The number of piperidine rings is 2. The molecule has 0 radical (unpaired) electrons. The number of rotatable bonds is 4. The lowest BCUT2D eigenvalue weighted by molar-refractivity contribution is -0.136. The van der Waals surface area contributed by atoms with E-state index < -0.39 is 0 Å². The Labute approximate surface area is 116 Å². The average molecular weight is 269 g/mol. The van der Waals surface area contributed by atoms with Crippen LogP contribution in [0.15, 0.2) is 0 Å². The monoisotopic (exact) mass is 269 g/mol. The van der Waals surface area contributed by atoms with E-state index in [4.69, 9.17) is 4.74 Å². The van der Waals surface area contributed by atoms with Crippen LogP contribution in [-0.4, -0.2) is 48.8 Å². The number of nitrogens with one attached hydrogen (secondary N) is 2. The van der Waals surface area contributed by atoms with Crippen LogP contribution < -0.4 is 10.7 Å². The maximum absolute atomic E-state index is 12.0. The predicted octanol–water partition coefficient (Wildman–Crippen LogP) is 1.05. The fourth-order valence-corrected chi connectivity index (χ4v) is 2.97. The van der Waals surface area contributed by atoms with E-state index in [1.807, 2.05) is 0 Å². The maximum Gasteiger partial charge on any atom is 0.260 e. The first-order chi connectivity index (χ1) is 9.16. The fraction of sp³-hybridized carbons (Fsp3) is 0.929. The average Bonchev–Trinajstić information content (AvgIpc) is 2.42. The Morgan fingerprint density at radius 1 is 1.21 bits per heavy atom. The molecule has 1 amide bonds. The molecule has 0 aromatic heterocycles.